The van der Waals surface area contributed by atoms with Gasteiger partial charge in [0.05, 0.1) is 15.8 Å². The van der Waals surface area contributed by atoms with E-state index in [1.165, 1.54) is 25.9 Å². The van der Waals surface area contributed by atoms with Gasteiger partial charge in [0.2, 0.25) is 0 Å². The number of carbonyl (C=O) groups excluding carboxylic acids is 1. The van der Waals surface area contributed by atoms with E-state index in [9.17, 15) is 14.4 Å². The Hall–Kier alpha value is -2.87. The van der Waals surface area contributed by atoms with Crippen LogP contribution in [0.4, 0.5) is 5.82 Å². The zero-order valence-corrected chi connectivity index (χ0v) is 15.4. The van der Waals surface area contributed by atoms with Crippen molar-refractivity contribution in [2.75, 3.05) is 5.73 Å². The number of rotatable bonds is 4. The van der Waals surface area contributed by atoms with Gasteiger partial charge in [-0.05, 0) is 19.1 Å². The first-order valence-corrected chi connectivity index (χ1v) is 8.81. The minimum absolute atomic E-state index is 0.123. The van der Waals surface area contributed by atoms with Crippen LogP contribution >= 0.6 is 11.8 Å². The van der Waals surface area contributed by atoms with Crippen LogP contribution in [-0.2, 0) is 14.1 Å². The van der Waals surface area contributed by atoms with Crippen LogP contribution in [0.15, 0.2) is 51.0 Å². The maximum absolute atomic E-state index is 12.8. The number of nitrogen functional groups attached to an aromatic ring is 1. The molecule has 1 unspecified atom stereocenters. The smallest absolute Gasteiger partial charge is 0.332 e. The Labute approximate surface area is 153 Å². The van der Waals surface area contributed by atoms with Crippen LogP contribution in [0.2, 0.25) is 0 Å². The molecule has 0 spiro atoms. The van der Waals surface area contributed by atoms with E-state index in [-0.39, 0.29) is 11.4 Å². The van der Waals surface area contributed by atoms with Crippen molar-refractivity contribution in [2.24, 2.45) is 14.1 Å². The zero-order chi connectivity index (χ0) is 19.0. The van der Waals surface area contributed by atoms with E-state index in [0.717, 1.165) is 20.0 Å². The molecule has 0 bridgehead atoms. The van der Waals surface area contributed by atoms with Crippen LogP contribution in [-0.4, -0.2) is 25.2 Å². The maximum Gasteiger partial charge on any atom is 0.332 e. The summed E-state index contributed by atoms with van der Waals surface area (Å²) in [7, 11) is 2.75. The predicted molar refractivity (Wildman–Crippen MR) is 103 cm³/mol. The monoisotopic (exact) mass is 370 g/mol. The summed E-state index contributed by atoms with van der Waals surface area (Å²) in [6.45, 7) is 1.69. The molecule has 26 heavy (non-hydrogen) atoms. The second kappa shape index (κ2) is 6.80. The molecule has 3 aromatic rings. The molecular weight excluding hydrogens is 352 g/mol. The fourth-order valence-corrected chi connectivity index (χ4v) is 3.53. The van der Waals surface area contributed by atoms with Crippen LogP contribution in [0, 0.1) is 0 Å². The second-order valence-electron chi connectivity index (χ2n) is 5.93. The first kappa shape index (κ1) is 17.9. The molecule has 0 aliphatic heterocycles. The molecule has 3 rings (SSSR count). The lowest BCUT2D eigenvalue weighted by Gasteiger charge is -2.14. The zero-order valence-electron chi connectivity index (χ0n) is 14.6. The van der Waals surface area contributed by atoms with Gasteiger partial charge in [0.25, 0.3) is 5.56 Å². The minimum Gasteiger partial charge on any atom is -0.384 e. The molecule has 0 saturated carbocycles. The van der Waals surface area contributed by atoms with Crippen molar-refractivity contribution in [2.45, 2.75) is 17.2 Å². The van der Waals surface area contributed by atoms with Crippen LogP contribution in [0.1, 0.15) is 17.3 Å². The van der Waals surface area contributed by atoms with E-state index in [2.05, 4.69) is 4.98 Å². The van der Waals surface area contributed by atoms with Crippen molar-refractivity contribution >= 4 is 34.3 Å². The van der Waals surface area contributed by atoms with Crippen LogP contribution in [0.25, 0.3) is 10.9 Å². The van der Waals surface area contributed by atoms with Gasteiger partial charge < -0.3 is 5.73 Å². The number of nitrogens with two attached hydrogens (primary N) is 1. The molecule has 0 radical (unpaired) electrons. The second-order valence-corrected chi connectivity index (χ2v) is 7.29. The van der Waals surface area contributed by atoms with Crippen LogP contribution in [0.5, 0.6) is 0 Å². The lowest BCUT2D eigenvalue weighted by atomic mass is 10.1. The number of nitrogens with zero attached hydrogens (tertiary/aromatic N) is 3. The summed E-state index contributed by atoms with van der Waals surface area (Å²) in [6, 6.07) is 11.4. The number of hydrogen-bond donors (Lipinski definition) is 1. The number of pyridine rings is 1. The summed E-state index contributed by atoms with van der Waals surface area (Å²) in [5.41, 5.74) is 5.27. The van der Waals surface area contributed by atoms with E-state index in [0.29, 0.717) is 5.03 Å². The molecule has 0 aliphatic rings. The molecular formula is C18H18N4O3S. The number of aromatic nitrogens is 3. The predicted octanol–water partition coefficient (Wildman–Crippen LogP) is 1.58. The molecule has 0 saturated heterocycles. The Kier molecular flexibility index (Phi) is 4.69. The normalized spacial score (nSPS) is 12.3. The topological polar surface area (TPSA) is 100.0 Å². The van der Waals surface area contributed by atoms with E-state index >= 15 is 0 Å². The van der Waals surface area contributed by atoms with E-state index < -0.39 is 22.3 Å². The molecule has 8 heteroatoms. The molecule has 7 nitrogen and oxygen atoms in total. The van der Waals surface area contributed by atoms with E-state index in [4.69, 9.17) is 5.73 Å². The standard InChI is InChI=1S/C18H18N4O3S/c1-10(26-13-9-8-11-6-4-5-7-12(11)20-13)15(23)14-16(19)21(2)18(25)22(3)17(14)24/h4-10H,19H2,1-3H3. The van der Waals surface area contributed by atoms with Crippen LogP contribution < -0.4 is 17.0 Å². The van der Waals surface area contributed by atoms with Crippen molar-refractivity contribution in [3.63, 3.8) is 0 Å². The summed E-state index contributed by atoms with van der Waals surface area (Å²) in [5.74, 6) is -0.555. The quantitative estimate of drug-likeness (QED) is 0.553. The Morgan fingerprint density at radius 3 is 2.54 bits per heavy atom. The summed E-state index contributed by atoms with van der Waals surface area (Å²) in [6.07, 6.45) is 0. The largest absolute Gasteiger partial charge is 0.384 e. The van der Waals surface area contributed by atoms with Gasteiger partial charge in [0.1, 0.15) is 11.4 Å². The molecule has 1 aromatic carbocycles. The fourth-order valence-electron chi connectivity index (χ4n) is 2.64. The third-order valence-corrected chi connectivity index (χ3v) is 5.23. The van der Waals surface area contributed by atoms with Crippen LogP contribution in [0.3, 0.4) is 0 Å². The first-order chi connectivity index (χ1) is 12.3. The van der Waals surface area contributed by atoms with Gasteiger partial charge >= 0.3 is 5.69 Å². The van der Waals surface area contributed by atoms with Crippen molar-refractivity contribution in [3.05, 3.63) is 62.8 Å². The minimum atomic E-state index is -0.686. The number of fused-ring (bicyclic) bond motifs is 1. The summed E-state index contributed by atoms with van der Waals surface area (Å²) < 4.78 is 1.98. The van der Waals surface area contributed by atoms with Gasteiger partial charge in [-0.2, -0.15) is 0 Å². The van der Waals surface area contributed by atoms with Gasteiger partial charge in [-0.1, -0.05) is 36.0 Å². The molecule has 0 aliphatic carbocycles. The number of anilines is 1. The summed E-state index contributed by atoms with van der Waals surface area (Å²) >= 11 is 1.24. The number of benzene rings is 1. The highest BCUT2D eigenvalue weighted by Gasteiger charge is 2.25. The van der Waals surface area contributed by atoms with E-state index in [1.807, 2.05) is 36.4 Å². The number of carbonyl (C=O) groups is 1. The number of para-hydroxylation sites is 1. The molecule has 2 aromatic heterocycles. The fraction of sp³-hybridized carbons (Fsp3) is 0.222. The van der Waals surface area contributed by atoms with Crippen molar-refractivity contribution < 1.29 is 4.79 Å². The Morgan fingerprint density at radius 2 is 1.81 bits per heavy atom. The highest BCUT2D eigenvalue weighted by Crippen LogP contribution is 2.26. The Bertz CT molecular complexity index is 1130. The van der Waals surface area contributed by atoms with Gasteiger partial charge in [-0.25, -0.2) is 9.78 Å². The Balaban J connectivity index is 1.95. The Morgan fingerprint density at radius 1 is 1.12 bits per heavy atom. The summed E-state index contributed by atoms with van der Waals surface area (Å²) in [4.78, 5) is 41.6. The number of thioether (sulfide) groups is 1. The third-order valence-electron chi connectivity index (χ3n) is 4.20. The van der Waals surface area contributed by atoms with Gasteiger partial charge in [0.15, 0.2) is 5.78 Å². The molecule has 0 fully saturated rings. The van der Waals surface area contributed by atoms with Gasteiger partial charge in [0, 0.05) is 19.5 Å². The number of ketones is 1. The van der Waals surface area contributed by atoms with Crippen molar-refractivity contribution in [1.29, 1.82) is 0 Å². The maximum atomic E-state index is 12.8. The average molecular weight is 370 g/mol. The molecule has 134 valence electrons. The lowest BCUT2D eigenvalue weighted by Crippen LogP contribution is -2.42. The summed E-state index contributed by atoms with van der Waals surface area (Å²) in [5, 5.41) is 1.09. The highest BCUT2D eigenvalue weighted by atomic mass is 32.2. The average Bonchev–Trinajstić information content (AvgIpc) is 2.64. The molecule has 0 amide bonds. The SMILES string of the molecule is CC(Sc1ccc2ccccc2n1)C(=O)c1c(N)n(C)c(=O)n(C)c1=O. The lowest BCUT2D eigenvalue weighted by molar-refractivity contribution is 0.0992. The molecule has 2 heterocycles. The molecule has 1 atom stereocenters. The number of Topliss-reactive ketones (excluding diaryl/α,β-unsaturated/α-hetero) is 1. The highest BCUT2D eigenvalue weighted by molar-refractivity contribution is 8.00. The third kappa shape index (κ3) is 3.03. The van der Waals surface area contributed by atoms with Gasteiger partial charge in [-0.15, -0.1) is 0 Å². The van der Waals surface area contributed by atoms with Gasteiger partial charge in [-0.3, -0.25) is 18.7 Å². The van der Waals surface area contributed by atoms with Crippen molar-refractivity contribution in [3.8, 4) is 0 Å². The first-order valence-electron chi connectivity index (χ1n) is 7.93. The van der Waals surface area contributed by atoms with E-state index in [1.54, 1.807) is 6.92 Å². The number of hydrogen-bond acceptors (Lipinski definition) is 6. The molecule has 2 N–H and O–H groups in total. The van der Waals surface area contributed by atoms with Crippen molar-refractivity contribution in [1.82, 2.24) is 14.1 Å².